The van der Waals surface area contributed by atoms with Gasteiger partial charge in [0, 0.05) is 30.6 Å². The van der Waals surface area contributed by atoms with E-state index >= 15 is 0 Å². The monoisotopic (exact) mass is 394 g/mol. The minimum absolute atomic E-state index is 0.0102. The van der Waals surface area contributed by atoms with Crippen LogP contribution in [0.3, 0.4) is 0 Å². The number of phenolic OH excluding ortho intramolecular Hbond substituents is 1. The molecule has 152 valence electrons. The molecular weight excluding hydrogens is 368 g/mol. The fraction of sp³-hybridized carbons (Fsp3) is 0.348. The van der Waals surface area contributed by atoms with E-state index in [9.17, 15) is 5.11 Å². The third-order valence-corrected chi connectivity index (χ3v) is 5.37. The number of aromatic nitrogens is 1. The summed E-state index contributed by atoms with van der Waals surface area (Å²) in [5, 5.41) is 11.3. The number of morpholine rings is 1. The topological polar surface area (TPSA) is 64.1 Å². The molecule has 0 saturated carbocycles. The first-order valence-corrected chi connectivity index (χ1v) is 9.75. The number of phenols is 1. The molecule has 1 fully saturated rings. The fourth-order valence-corrected chi connectivity index (χ4v) is 3.75. The van der Waals surface area contributed by atoms with Crippen LogP contribution in [-0.4, -0.2) is 55.5 Å². The second-order valence-corrected chi connectivity index (χ2v) is 7.29. The zero-order valence-corrected chi connectivity index (χ0v) is 17.1. The maximum Gasteiger partial charge on any atom is 0.200 e. The number of pyridine rings is 1. The average molecular weight is 394 g/mol. The Balaban J connectivity index is 1.70. The van der Waals surface area contributed by atoms with Crippen LogP contribution in [0.4, 0.5) is 0 Å². The molecule has 0 amide bonds. The van der Waals surface area contributed by atoms with E-state index in [0.717, 1.165) is 60.6 Å². The molecule has 0 aliphatic carbocycles. The molecule has 2 heterocycles. The van der Waals surface area contributed by atoms with E-state index in [2.05, 4.69) is 36.1 Å². The van der Waals surface area contributed by atoms with Crippen LogP contribution in [0.2, 0.25) is 0 Å². The lowest BCUT2D eigenvalue weighted by Gasteiger charge is -2.26. The standard InChI is InChI=1S/C23H26N2O4/c1-15-10-20(17-12-21(27-2)23(26)22(13-17)28-3)24-19-5-4-16(11-18(15)19)14-25-6-8-29-9-7-25/h4-5,10-13,26H,6-9,14H2,1-3H3. The lowest BCUT2D eigenvalue weighted by atomic mass is 10.0. The Labute approximate surface area is 170 Å². The van der Waals surface area contributed by atoms with Gasteiger partial charge in [-0.25, -0.2) is 4.98 Å². The van der Waals surface area contributed by atoms with Crippen LogP contribution in [0.15, 0.2) is 36.4 Å². The first-order valence-electron chi connectivity index (χ1n) is 9.75. The molecule has 0 atom stereocenters. The van der Waals surface area contributed by atoms with Crippen LogP contribution < -0.4 is 9.47 Å². The third kappa shape index (κ3) is 3.99. The molecule has 6 nitrogen and oxygen atoms in total. The number of ether oxygens (including phenoxy) is 3. The highest BCUT2D eigenvalue weighted by atomic mass is 16.5. The molecule has 1 N–H and O–H groups in total. The molecule has 3 aromatic rings. The molecular formula is C23H26N2O4. The van der Waals surface area contributed by atoms with E-state index in [1.54, 1.807) is 12.1 Å². The van der Waals surface area contributed by atoms with Gasteiger partial charge in [0.25, 0.3) is 0 Å². The number of hydrogen-bond acceptors (Lipinski definition) is 6. The fourth-order valence-electron chi connectivity index (χ4n) is 3.75. The Bertz CT molecular complexity index is 1000. The molecule has 1 aromatic heterocycles. The summed E-state index contributed by atoms with van der Waals surface area (Å²) in [5.41, 5.74) is 5.02. The van der Waals surface area contributed by atoms with Crippen molar-refractivity contribution < 1.29 is 19.3 Å². The number of nitrogens with zero attached hydrogens (tertiary/aromatic N) is 2. The number of aromatic hydroxyl groups is 1. The van der Waals surface area contributed by atoms with Gasteiger partial charge in [0.15, 0.2) is 11.5 Å². The summed E-state index contributed by atoms with van der Waals surface area (Å²) in [7, 11) is 3.04. The van der Waals surface area contributed by atoms with Gasteiger partial charge in [-0.1, -0.05) is 6.07 Å². The first-order chi connectivity index (χ1) is 14.1. The summed E-state index contributed by atoms with van der Waals surface area (Å²) >= 11 is 0. The molecule has 4 rings (SSSR count). The van der Waals surface area contributed by atoms with Gasteiger partial charge in [-0.2, -0.15) is 0 Å². The van der Waals surface area contributed by atoms with Crippen molar-refractivity contribution in [3.63, 3.8) is 0 Å². The average Bonchev–Trinajstić information content (AvgIpc) is 2.75. The number of fused-ring (bicyclic) bond motifs is 1. The van der Waals surface area contributed by atoms with E-state index in [4.69, 9.17) is 19.2 Å². The highest BCUT2D eigenvalue weighted by Gasteiger charge is 2.15. The van der Waals surface area contributed by atoms with Crippen molar-refractivity contribution in [1.29, 1.82) is 0 Å². The Morgan fingerprint density at radius 1 is 1.03 bits per heavy atom. The Morgan fingerprint density at radius 3 is 2.38 bits per heavy atom. The minimum atomic E-state index is -0.0102. The minimum Gasteiger partial charge on any atom is -0.502 e. The molecule has 0 bridgehead atoms. The quantitative estimate of drug-likeness (QED) is 0.711. The zero-order valence-electron chi connectivity index (χ0n) is 17.1. The molecule has 1 aliphatic heterocycles. The van der Waals surface area contributed by atoms with Crippen molar-refractivity contribution in [2.24, 2.45) is 0 Å². The highest BCUT2D eigenvalue weighted by Crippen LogP contribution is 2.40. The molecule has 1 aliphatic rings. The lowest BCUT2D eigenvalue weighted by molar-refractivity contribution is 0.0342. The van der Waals surface area contributed by atoms with E-state index < -0.39 is 0 Å². The van der Waals surface area contributed by atoms with Crippen molar-refractivity contribution in [2.75, 3.05) is 40.5 Å². The van der Waals surface area contributed by atoms with Crippen LogP contribution in [0.1, 0.15) is 11.1 Å². The van der Waals surface area contributed by atoms with E-state index in [-0.39, 0.29) is 5.75 Å². The summed E-state index contributed by atoms with van der Waals surface area (Å²) in [6.45, 7) is 6.57. The van der Waals surface area contributed by atoms with Crippen LogP contribution >= 0.6 is 0 Å². The number of benzene rings is 2. The number of rotatable bonds is 5. The molecule has 29 heavy (non-hydrogen) atoms. The second kappa shape index (κ2) is 8.27. The smallest absolute Gasteiger partial charge is 0.200 e. The van der Waals surface area contributed by atoms with Crippen molar-refractivity contribution >= 4 is 10.9 Å². The van der Waals surface area contributed by atoms with Gasteiger partial charge in [-0.15, -0.1) is 0 Å². The van der Waals surface area contributed by atoms with Crippen molar-refractivity contribution in [3.05, 3.63) is 47.5 Å². The summed E-state index contributed by atoms with van der Waals surface area (Å²) < 4.78 is 16.0. The van der Waals surface area contributed by atoms with Crippen molar-refractivity contribution in [3.8, 4) is 28.5 Å². The van der Waals surface area contributed by atoms with Gasteiger partial charge in [-0.3, -0.25) is 4.90 Å². The van der Waals surface area contributed by atoms with E-state index in [1.165, 1.54) is 19.8 Å². The van der Waals surface area contributed by atoms with Gasteiger partial charge >= 0.3 is 0 Å². The Hall–Kier alpha value is -2.83. The van der Waals surface area contributed by atoms with Crippen LogP contribution in [-0.2, 0) is 11.3 Å². The van der Waals surface area contributed by atoms with Gasteiger partial charge in [-0.05, 0) is 48.4 Å². The first kappa shape index (κ1) is 19.5. The molecule has 0 spiro atoms. The number of methoxy groups -OCH3 is 2. The van der Waals surface area contributed by atoms with Crippen LogP contribution in [0.5, 0.6) is 17.2 Å². The van der Waals surface area contributed by atoms with Crippen molar-refractivity contribution in [2.45, 2.75) is 13.5 Å². The molecule has 2 aromatic carbocycles. The normalized spacial score (nSPS) is 14.9. The maximum absolute atomic E-state index is 10.2. The van der Waals surface area contributed by atoms with Gasteiger partial charge < -0.3 is 19.3 Å². The third-order valence-electron chi connectivity index (χ3n) is 5.37. The SMILES string of the molecule is COc1cc(-c2cc(C)c3cc(CN4CCOCC4)ccc3n2)cc(OC)c1O. The highest BCUT2D eigenvalue weighted by molar-refractivity contribution is 5.86. The van der Waals surface area contributed by atoms with Gasteiger partial charge in [0.05, 0.1) is 38.6 Å². The van der Waals surface area contributed by atoms with E-state index in [1.807, 2.05) is 0 Å². The summed E-state index contributed by atoms with van der Waals surface area (Å²) in [6.07, 6.45) is 0. The maximum atomic E-state index is 10.2. The molecule has 0 radical (unpaired) electrons. The number of hydrogen-bond donors (Lipinski definition) is 1. The van der Waals surface area contributed by atoms with E-state index in [0.29, 0.717) is 11.5 Å². The molecule has 1 saturated heterocycles. The van der Waals surface area contributed by atoms with Gasteiger partial charge in [0.1, 0.15) is 0 Å². The second-order valence-electron chi connectivity index (χ2n) is 7.29. The Morgan fingerprint density at radius 2 is 1.72 bits per heavy atom. The Kier molecular flexibility index (Phi) is 5.56. The largest absolute Gasteiger partial charge is 0.502 e. The molecule has 6 heteroatoms. The lowest BCUT2D eigenvalue weighted by Crippen LogP contribution is -2.35. The van der Waals surface area contributed by atoms with Crippen LogP contribution in [0.25, 0.3) is 22.2 Å². The predicted octanol–water partition coefficient (Wildman–Crippen LogP) is 3.77. The molecule has 0 unspecified atom stereocenters. The summed E-state index contributed by atoms with van der Waals surface area (Å²) in [5.74, 6) is 0.712. The summed E-state index contributed by atoms with van der Waals surface area (Å²) in [6, 6.07) is 12.1. The number of aryl methyl sites for hydroxylation is 1. The van der Waals surface area contributed by atoms with Crippen LogP contribution in [0, 0.1) is 6.92 Å². The van der Waals surface area contributed by atoms with Gasteiger partial charge in [0.2, 0.25) is 5.75 Å². The van der Waals surface area contributed by atoms with Crippen molar-refractivity contribution in [1.82, 2.24) is 9.88 Å². The summed E-state index contributed by atoms with van der Waals surface area (Å²) in [4.78, 5) is 7.26. The zero-order chi connectivity index (χ0) is 20.4. The predicted molar refractivity (Wildman–Crippen MR) is 113 cm³/mol.